The van der Waals surface area contributed by atoms with Gasteiger partial charge in [0.2, 0.25) is 5.91 Å². The SMILES string of the molecule is CC[C@H](N)C(=O)NC(C#N)Cc1ccc(Cl)cc1. The first-order valence-corrected chi connectivity index (χ1v) is 6.14. The molecule has 0 saturated heterocycles. The summed E-state index contributed by atoms with van der Waals surface area (Å²) < 4.78 is 0. The zero-order chi connectivity index (χ0) is 13.5. The number of halogens is 1. The van der Waals surface area contributed by atoms with Gasteiger partial charge in [-0.15, -0.1) is 0 Å². The molecule has 0 aliphatic carbocycles. The van der Waals surface area contributed by atoms with E-state index in [9.17, 15) is 4.79 Å². The summed E-state index contributed by atoms with van der Waals surface area (Å²) >= 11 is 5.78. The molecule has 1 rings (SSSR count). The normalized spacial score (nSPS) is 13.4. The summed E-state index contributed by atoms with van der Waals surface area (Å²) in [4.78, 5) is 11.6. The summed E-state index contributed by atoms with van der Waals surface area (Å²) in [5, 5.41) is 12.3. The first-order chi connectivity index (χ1) is 8.56. The van der Waals surface area contributed by atoms with Crippen molar-refractivity contribution in [1.82, 2.24) is 5.32 Å². The highest BCUT2D eigenvalue weighted by molar-refractivity contribution is 6.30. The molecule has 4 nitrogen and oxygen atoms in total. The van der Waals surface area contributed by atoms with Crippen LogP contribution in [0.15, 0.2) is 24.3 Å². The van der Waals surface area contributed by atoms with Crippen molar-refractivity contribution in [2.75, 3.05) is 0 Å². The van der Waals surface area contributed by atoms with Crippen molar-refractivity contribution in [1.29, 1.82) is 5.26 Å². The second-order valence-corrected chi connectivity index (χ2v) is 4.47. The highest BCUT2D eigenvalue weighted by Gasteiger charge is 2.16. The maximum Gasteiger partial charge on any atom is 0.237 e. The highest BCUT2D eigenvalue weighted by Crippen LogP contribution is 2.11. The predicted molar refractivity (Wildman–Crippen MR) is 71.0 cm³/mol. The molecule has 1 aromatic carbocycles. The Morgan fingerprint density at radius 3 is 2.61 bits per heavy atom. The number of nitrogens with two attached hydrogens (primary N) is 1. The lowest BCUT2D eigenvalue weighted by Crippen LogP contribution is -2.45. The Morgan fingerprint density at radius 2 is 2.11 bits per heavy atom. The number of nitrogens with zero attached hydrogens (tertiary/aromatic N) is 1. The van der Waals surface area contributed by atoms with Gasteiger partial charge in [0.1, 0.15) is 6.04 Å². The average Bonchev–Trinajstić information content (AvgIpc) is 2.39. The molecule has 0 aliphatic rings. The number of nitrogens with one attached hydrogen (secondary N) is 1. The maximum absolute atomic E-state index is 11.6. The van der Waals surface area contributed by atoms with Gasteiger partial charge in [-0.3, -0.25) is 4.79 Å². The van der Waals surface area contributed by atoms with E-state index in [4.69, 9.17) is 22.6 Å². The van der Waals surface area contributed by atoms with Gasteiger partial charge in [-0.05, 0) is 24.1 Å². The van der Waals surface area contributed by atoms with Crippen LogP contribution in [0.5, 0.6) is 0 Å². The first-order valence-electron chi connectivity index (χ1n) is 5.76. The van der Waals surface area contributed by atoms with E-state index < -0.39 is 12.1 Å². The van der Waals surface area contributed by atoms with Gasteiger partial charge in [0.15, 0.2) is 0 Å². The number of rotatable bonds is 5. The number of benzene rings is 1. The average molecular weight is 266 g/mol. The monoisotopic (exact) mass is 265 g/mol. The quantitative estimate of drug-likeness (QED) is 0.849. The minimum absolute atomic E-state index is 0.294. The molecule has 1 unspecified atom stereocenters. The molecule has 0 spiro atoms. The lowest BCUT2D eigenvalue weighted by Gasteiger charge is -2.14. The molecule has 2 atom stereocenters. The van der Waals surface area contributed by atoms with Crippen LogP contribution in [0.1, 0.15) is 18.9 Å². The van der Waals surface area contributed by atoms with Gasteiger partial charge >= 0.3 is 0 Å². The van der Waals surface area contributed by atoms with Crippen molar-refractivity contribution in [3.05, 3.63) is 34.9 Å². The number of hydrogen-bond donors (Lipinski definition) is 2. The van der Waals surface area contributed by atoms with Crippen LogP contribution in [-0.4, -0.2) is 18.0 Å². The summed E-state index contributed by atoms with van der Waals surface area (Å²) in [5.74, 6) is -0.294. The smallest absolute Gasteiger partial charge is 0.237 e. The number of nitriles is 1. The van der Waals surface area contributed by atoms with Crippen molar-refractivity contribution >= 4 is 17.5 Å². The summed E-state index contributed by atoms with van der Waals surface area (Å²) in [5.41, 5.74) is 6.53. The second kappa shape index (κ2) is 7.00. The Bertz CT molecular complexity index is 439. The van der Waals surface area contributed by atoms with Gasteiger partial charge in [-0.25, -0.2) is 0 Å². The van der Waals surface area contributed by atoms with Gasteiger partial charge in [0, 0.05) is 11.4 Å². The zero-order valence-electron chi connectivity index (χ0n) is 10.2. The molecule has 0 heterocycles. The van der Waals surface area contributed by atoms with E-state index in [0.717, 1.165) is 5.56 Å². The molecule has 0 saturated carbocycles. The number of carbonyl (C=O) groups is 1. The fourth-order valence-electron chi connectivity index (χ4n) is 1.45. The third-order valence-electron chi connectivity index (χ3n) is 2.60. The van der Waals surface area contributed by atoms with Gasteiger partial charge in [-0.1, -0.05) is 30.7 Å². The van der Waals surface area contributed by atoms with Crippen LogP contribution in [0.25, 0.3) is 0 Å². The van der Waals surface area contributed by atoms with E-state index in [2.05, 4.69) is 11.4 Å². The van der Waals surface area contributed by atoms with Gasteiger partial charge < -0.3 is 11.1 Å². The number of carbonyl (C=O) groups excluding carboxylic acids is 1. The topological polar surface area (TPSA) is 78.9 Å². The Balaban J connectivity index is 2.60. The number of amides is 1. The molecule has 96 valence electrons. The molecule has 3 N–H and O–H groups in total. The Morgan fingerprint density at radius 1 is 1.50 bits per heavy atom. The zero-order valence-corrected chi connectivity index (χ0v) is 10.9. The van der Waals surface area contributed by atoms with Gasteiger partial charge in [0.25, 0.3) is 0 Å². The van der Waals surface area contributed by atoms with Crippen LogP contribution in [0.3, 0.4) is 0 Å². The van der Waals surface area contributed by atoms with Crippen LogP contribution >= 0.6 is 11.6 Å². The molecule has 18 heavy (non-hydrogen) atoms. The Hall–Kier alpha value is -1.57. The van der Waals surface area contributed by atoms with E-state index >= 15 is 0 Å². The third-order valence-corrected chi connectivity index (χ3v) is 2.85. The van der Waals surface area contributed by atoms with Crippen molar-refractivity contribution < 1.29 is 4.79 Å². The largest absolute Gasteiger partial charge is 0.339 e. The highest BCUT2D eigenvalue weighted by atomic mass is 35.5. The van der Waals surface area contributed by atoms with E-state index in [1.54, 1.807) is 12.1 Å². The fourth-order valence-corrected chi connectivity index (χ4v) is 1.58. The predicted octanol–water partition coefficient (Wildman–Crippen LogP) is 1.63. The minimum atomic E-state index is -0.573. The lowest BCUT2D eigenvalue weighted by atomic mass is 10.1. The Labute approximate surface area is 112 Å². The van der Waals surface area contributed by atoms with E-state index in [0.29, 0.717) is 17.9 Å². The summed E-state index contributed by atoms with van der Waals surface area (Å²) in [6.07, 6.45) is 0.987. The summed E-state index contributed by atoms with van der Waals surface area (Å²) in [7, 11) is 0. The standard InChI is InChI=1S/C13H16ClN3O/c1-2-12(16)13(18)17-11(8-15)7-9-3-5-10(14)6-4-9/h3-6,11-12H,2,7,16H2,1H3,(H,17,18)/t11?,12-/m0/s1. The molecule has 1 amide bonds. The van der Waals surface area contributed by atoms with Gasteiger partial charge in [-0.2, -0.15) is 5.26 Å². The molecular formula is C13H16ClN3O. The van der Waals surface area contributed by atoms with Crippen molar-refractivity contribution in [2.45, 2.75) is 31.8 Å². The second-order valence-electron chi connectivity index (χ2n) is 4.04. The molecule has 5 heteroatoms. The van der Waals surface area contributed by atoms with E-state index in [1.165, 1.54) is 0 Å². The fraction of sp³-hybridized carbons (Fsp3) is 0.385. The van der Waals surface area contributed by atoms with Crippen LogP contribution in [0.4, 0.5) is 0 Å². The molecule has 0 bridgehead atoms. The van der Waals surface area contributed by atoms with Crippen molar-refractivity contribution in [3.63, 3.8) is 0 Å². The molecule has 0 aliphatic heterocycles. The molecule has 0 radical (unpaired) electrons. The van der Waals surface area contributed by atoms with Gasteiger partial charge in [0.05, 0.1) is 12.1 Å². The minimum Gasteiger partial charge on any atom is -0.339 e. The number of hydrogen-bond acceptors (Lipinski definition) is 3. The van der Waals surface area contributed by atoms with Crippen LogP contribution in [0.2, 0.25) is 5.02 Å². The lowest BCUT2D eigenvalue weighted by molar-refractivity contribution is -0.122. The molecular weight excluding hydrogens is 250 g/mol. The molecule has 1 aromatic rings. The summed E-state index contributed by atoms with van der Waals surface area (Å²) in [6.45, 7) is 1.82. The van der Waals surface area contributed by atoms with Crippen LogP contribution in [0, 0.1) is 11.3 Å². The molecule has 0 fully saturated rings. The Kier molecular flexibility index (Phi) is 5.63. The maximum atomic E-state index is 11.6. The van der Waals surface area contributed by atoms with Crippen LogP contribution < -0.4 is 11.1 Å². The summed E-state index contributed by atoms with van der Waals surface area (Å²) in [6, 6.07) is 8.09. The van der Waals surface area contributed by atoms with Crippen molar-refractivity contribution in [2.24, 2.45) is 5.73 Å². The van der Waals surface area contributed by atoms with E-state index in [1.807, 2.05) is 19.1 Å². The molecule has 0 aromatic heterocycles. The third kappa shape index (κ3) is 4.36. The van der Waals surface area contributed by atoms with Crippen LogP contribution in [-0.2, 0) is 11.2 Å². The van der Waals surface area contributed by atoms with Crippen molar-refractivity contribution in [3.8, 4) is 6.07 Å². The first kappa shape index (κ1) is 14.5. The van der Waals surface area contributed by atoms with E-state index in [-0.39, 0.29) is 5.91 Å².